The maximum Gasteiger partial charge on any atom is 0.253 e. The molecule has 0 aliphatic carbocycles. The lowest BCUT2D eigenvalue weighted by molar-refractivity contribution is 0.0472. The summed E-state index contributed by atoms with van der Waals surface area (Å²) in [4.78, 5) is 26.4. The van der Waals surface area contributed by atoms with Gasteiger partial charge in [-0.3, -0.25) is 9.78 Å². The monoisotopic (exact) mass is 457 g/mol. The van der Waals surface area contributed by atoms with E-state index in [9.17, 15) is 4.79 Å². The highest BCUT2D eigenvalue weighted by atomic mass is 16.7. The Kier molecular flexibility index (Phi) is 6.07. The summed E-state index contributed by atoms with van der Waals surface area (Å²) in [5.74, 6) is 1.24. The molecule has 4 heterocycles. The van der Waals surface area contributed by atoms with Gasteiger partial charge in [-0.15, -0.1) is 0 Å². The van der Waals surface area contributed by atoms with Gasteiger partial charge in [0.2, 0.25) is 0 Å². The third kappa shape index (κ3) is 4.54. The standard InChI is InChI=1S/C25H23N5O4/c1-32-22-8-9-26-14-21(22)20-4-2-3-5-23(20)33-16-19-12-18(29-34-19)13-28-25(31)17-6-7-24-27-10-11-30(24)15-17/h2-11,14-15,19H,12-13,16H2,1H3,(H,28,31). The number of fused-ring (bicyclic) bond motifs is 1. The van der Waals surface area contributed by atoms with E-state index in [1.165, 1.54) is 0 Å². The van der Waals surface area contributed by atoms with Crippen LogP contribution in [0.2, 0.25) is 0 Å². The molecule has 1 aromatic carbocycles. The molecule has 0 radical (unpaired) electrons. The number of amides is 1. The van der Waals surface area contributed by atoms with E-state index in [-0.39, 0.29) is 12.0 Å². The van der Waals surface area contributed by atoms with Gasteiger partial charge in [-0.25, -0.2) is 4.98 Å². The Morgan fingerprint density at radius 3 is 2.97 bits per heavy atom. The molecule has 0 saturated carbocycles. The number of nitrogens with one attached hydrogen (secondary N) is 1. The minimum absolute atomic E-state index is 0.183. The molecule has 1 aliphatic rings. The minimum Gasteiger partial charge on any atom is -0.496 e. The number of methoxy groups -OCH3 is 1. The van der Waals surface area contributed by atoms with Gasteiger partial charge < -0.3 is 24.0 Å². The van der Waals surface area contributed by atoms with Gasteiger partial charge in [0.05, 0.1) is 24.9 Å². The number of benzene rings is 1. The van der Waals surface area contributed by atoms with E-state index in [0.29, 0.717) is 30.9 Å². The largest absolute Gasteiger partial charge is 0.496 e. The molecule has 1 atom stereocenters. The van der Waals surface area contributed by atoms with E-state index < -0.39 is 0 Å². The Morgan fingerprint density at radius 1 is 1.15 bits per heavy atom. The van der Waals surface area contributed by atoms with Crippen LogP contribution < -0.4 is 14.8 Å². The van der Waals surface area contributed by atoms with Crippen LogP contribution in [-0.4, -0.2) is 52.4 Å². The van der Waals surface area contributed by atoms with Crippen LogP contribution in [-0.2, 0) is 4.84 Å². The van der Waals surface area contributed by atoms with Gasteiger partial charge >= 0.3 is 0 Å². The third-order valence-corrected chi connectivity index (χ3v) is 5.50. The number of carbonyl (C=O) groups is 1. The summed E-state index contributed by atoms with van der Waals surface area (Å²) in [5.41, 5.74) is 3.83. The van der Waals surface area contributed by atoms with Crippen molar-refractivity contribution in [1.29, 1.82) is 0 Å². The lowest BCUT2D eigenvalue weighted by Crippen LogP contribution is -2.30. The molecule has 1 amide bonds. The molecule has 34 heavy (non-hydrogen) atoms. The molecule has 1 unspecified atom stereocenters. The van der Waals surface area contributed by atoms with Crippen molar-refractivity contribution in [2.75, 3.05) is 20.3 Å². The second-order valence-electron chi connectivity index (χ2n) is 7.77. The summed E-state index contributed by atoms with van der Waals surface area (Å²) < 4.78 is 13.3. The van der Waals surface area contributed by atoms with Crippen LogP contribution in [0.4, 0.5) is 0 Å². The van der Waals surface area contributed by atoms with E-state index in [2.05, 4.69) is 20.4 Å². The first-order valence-electron chi connectivity index (χ1n) is 10.8. The summed E-state index contributed by atoms with van der Waals surface area (Å²) in [5, 5.41) is 7.01. The minimum atomic E-state index is -0.238. The van der Waals surface area contributed by atoms with Gasteiger partial charge in [0, 0.05) is 48.5 Å². The highest BCUT2D eigenvalue weighted by Gasteiger charge is 2.23. The summed E-state index contributed by atoms with van der Waals surface area (Å²) in [6, 6.07) is 13.1. The molecule has 4 aromatic rings. The van der Waals surface area contributed by atoms with E-state index in [1.807, 2.05) is 30.3 Å². The van der Waals surface area contributed by atoms with Crippen LogP contribution in [0, 0.1) is 0 Å². The maximum absolute atomic E-state index is 12.5. The van der Waals surface area contributed by atoms with E-state index in [0.717, 1.165) is 28.2 Å². The van der Waals surface area contributed by atoms with E-state index in [1.54, 1.807) is 54.6 Å². The number of nitrogens with zero attached hydrogens (tertiary/aromatic N) is 4. The Labute approximate surface area is 196 Å². The zero-order valence-corrected chi connectivity index (χ0v) is 18.5. The summed E-state index contributed by atoms with van der Waals surface area (Å²) in [7, 11) is 1.63. The first-order valence-corrected chi connectivity index (χ1v) is 10.8. The van der Waals surface area contributed by atoms with Crippen LogP contribution in [0.15, 0.2) is 78.6 Å². The molecule has 5 rings (SSSR count). The molecule has 0 fully saturated rings. The van der Waals surface area contributed by atoms with Crippen molar-refractivity contribution in [3.8, 4) is 22.6 Å². The third-order valence-electron chi connectivity index (χ3n) is 5.50. The highest BCUT2D eigenvalue weighted by Crippen LogP contribution is 2.35. The molecule has 3 aromatic heterocycles. The summed E-state index contributed by atoms with van der Waals surface area (Å²) in [6.45, 7) is 0.624. The number of ether oxygens (including phenoxy) is 2. The molecule has 0 saturated heterocycles. The van der Waals surface area contributed by atoms with Crippen LogP contribution in [0.5, 0.6) is 11.5 Å². The molecule has 1 aliphatic heterocycles. The van der Waals surface area contributed by atoms with Gasteiger partial charge in [0.15, 0.2) is 6.10 Å². The number of aromatic nitrogens is 3. The fraction of sp³-hybridized carbons (Fsp3) is 0.200. The zero-order chi connectivity index (χ0) is 23.3. The number of carbonyl (C=O) groups excluding carboxylic acids is 1. The number of hydrogen-bond acceptors (Lipinski definition) is 7. The average Bonchev–Trinajstić information content (AvgIpc) is 3.55. The molecule has 1 N–H and O–H groups in total. The van der Waals surface area contributed by atoms with E-state index >= 15 is 0 Å². The Hall–Kier alpha value is -4.40. The average molecular weight is 457 g/mol. The lowest BCUT2D eigenvalue weighted by atomic mass is 10.1. The fourth-order valence-electron chi connectivity index (χ4n) is 3.78. The molecule has 0 bridgehead atoms. The van der Waals surface area contributed by atoms with E-state index in [4.69, 9.17) is 14.3 Å². The molecular weight excluding hydrogens is 434 g/mol. The second kappa shape index (κ2) is 9.62. The van der Waals surface area contributed by atoms with Crippen LogP contribution in [0.25, 0.3) is 16.8 Å². The van der Waals surface area contributed by atoms with Crippen molar-refractivity contribution in [2.24, 2.45) is 5.16 Å². The topological polar surface area (TPSA) is 99.3 Å². The summed E-state index contributed by atoms with van der Waals surface area (Å²) >= 11 is 0. The number of oxime groups is 1. The maximum atomic E-state index is 12.5. The van der Waals surface area contributed by atoms with Crippen molar-refractivity contribution in [3.05, 3.63) is 79.0 Å². The number of hydrogen-bond donors (Lipinski definition) is 1. The number of para-hydroxylation sites is 1. The van der Waals surface area contributed by atoms with Gasteiger partial charge in [0.1, 0.15) is 23.8 Å². The smallest absolute Gasteiger partial charge is 0.253 e. The first-order chi connectivity index (χ1) is 16.7. The van der Waals surface area contributed by atoms with Crippen molar-refractivity contribution < 1.29 is 19.1 Å². The predicted octanol–water partition coefficient (Wildman–Crippen LogP) is 3.36. The zero-order valence-electron chi connectivity index (χ0n) is 18.5. The Morgan fingerprint density at radius 2 is 2.06 bits per heavy atom. The van der Waals surface area contributed by atoms with Gasteiger partial charge in [-0.2, -0.15) is 0 Å². The lowest BCUT2D eigenvalue weighted by Gasteiger charge is -2.15. The van der Waals surface area contributed by atoms with Crippen LogP contribution >= 0.6 is 0 Å². The van der Waals surface area contributed by atoms with Gasteiger partial charge in [-0.1, -0.05) is 23.4 Å². The molecule has 9 nitrogen and oxygen atoms in total. The normalized spacial score (nSPS) is 15.0. The molecule has 9 heteroatoms. The van der Waals surface area contributed by atoms with Crippen molar-refractivity contribution >= 4 is 17.3 Å². The number of imidazole rings is 1. The van der Waals surface area contributed by atoms with Crippen LogP contribution in [0.3, 0.4) is 0 Å². The fourth-order valence-corrected chi connectivity index (χ4v) is 3.78. The Bertz CT molecular complexity index is 1350. The quantitative estimate of drug-likeness (QED) is 0.436. The molecule has 172 valence electrons. The second-order valence-corrected chi connectivity index (χ2v) is 7.77. The number of pyridine rings is 2. The van der Waals surface area contributed by atoms with Crippen molar-refractivity contribution in [1.82, 2.24) is 19.7 Å². The van der Waals surface area contributed by atoms with Gasteiger partial charge in [-0.05, 0) is 24.3 Å². The Balaban J connectivity index is 1.15. The molecular formula is C25H23N5O4. The van der Waals surface area contributed by atoms with Crippen LogP contribution in [0.1, 0.15) is 16.8 Å². The highest BCUT2D eigenvalue weighted by molar-refractivity contribution is 5.98. The van der Waals surface area contributed by atoms with Crippen molar-refractivity contribution in [2.45, 2.75) is 12.5 Å². The molecule has 0 spiro atoms. The predicted molar refractivity (Wildman–Crippen MR) is 126 cm³/mol. The van der Waals surface area contributed by atoms with Gasteiger partial charge in [0.25, 0.3) is 5.91 Å². The first kappa shape index (κ1) is 21.4. The number of rotatable bonds is 8. The summed E-state index contributed by atoms with van der Waals surface area (Å²) in [6.07, 6.45) is 9.00. The van der Waals surface area contributed by atoms with Crippen molar-refractivity contribution in [3.63, 3.8) is 0 Å². The SMILES string of the molecule is COc1ccncc1-c1ccccc1OCC1CC(CNC(=O)c2ccc3nccn3c2)=NO1.